The van der Waals surface area contributed by atoms with Gasteiger partial charge in [0.25, 0.3) is 0 Å². The van der Waals surface area contributed by atoms with Gasteiger partial charge in [-0.2, -0.15) is 0 Å². The number of rotatable bonds is 3. The average molecular weight is 317 g/mol. The average Bonchev–Trinajstić information content (AvgIpc) is 2.61. The number of carbonyl (C=O) groups is 1. The van der Waals surface area contributed by atoms with E-state index in [1.54, 1.807) is 0 Å². The maximum absolute atomic E-state index is 12.2. The quantitative estimate of drug-likeness (QED) is 0.932. The third kappa shape index (κ3) is 4.38. The summed E-state index contributed by atoms with van der Waals surface area (Å²) in [5.41, 5.74) is 2.43. The van der Waals surface area contributed by atoms with Crippen molar-refractivity contribution in [1.29, 1.82) is 0 Å². The number of nitrogens with one attached hydrogen (secondary N) is 1. The molecule has 2 aliphatic rings. The molecule has 0 spiro atoms. The van der Waals surface area contributed by atoms with Crippen LogP contribution in [0.3, 0.4) is 0 Å². The van der Waals surface area contributed by atoms with Crippen LogP contribution in [0.15, 0.2) is 24.3 Å². The van der Waals surface area contributed by atoms with Crippen molar-refractivity contribution in [3.05, 3.63) is 29.8 Å². The van der Waals surface area contributed by atoms with Gasteiger partial charge in [0.05, 0.1) is 12.7 Å². The van der Waals surface area contributed by atoms with Crippen molar-refractivity contribution in [3.63, 3.8) is 0 Å². The maximum atomic E-state index is 12.2. The van der Waals surface area contributed by atoms with Crippen LogP contribution in [0.25, 0.3) is 0 Å². The number of anilines is 1. The van der Waals surface area contributed by atoms with Gasteiger partial charge in [0.15, 0.2) is 0 Å². The monoisotopic (exact) mass is 317 g/mol. The lowest BCUT2D eigenvalue weighted by molar-refractivity contribution is -0.00351. The first-order valence-electron chi connectivity index (χ1n) is 8.70. The molecule has 2 amide bonds. The standard InChI is InChI=1S/C18H27N3O2/c1-15-14-21(11-12-23-15)18(22)19-13-16-5-7-17(8-6-16)20-9-3-2-4-10-20/h5-8,15H,2-4,9-14H2,1H3,(H,19,22). The SMILES string of the molecule is CC1CN(C(=O)NCc2ccc(N3CCCCC3)cc2)CCO1. The van der Waals surface area contributed by atoms with Crippen molar-refractivity contribution in [2.24, 2.45) is 0 Å². The first-order valence-corrected chi connectivity index (χ1v) is 8.70. The molecule has 0 radical (unpaired) electrons. The minimum Gasteiger partial charge on any atom is -0.375 e. The molecule has 5 heteroatoms. The van der Waals surface area contributed by atoms with Crippen molar-refractivity contribution < 1.29 is 9.53 Å². The molecule has 1 unspecified atom stereocenters. The Balaban J connectivity index is 1.49. The van der Waals surface area contributed by atoms with E-state index >= 15 is 0 Å². The molecule has 1 N–H and O–H groups in total. The Kier molecular flexibility index (Phi) is 5.39. The highest BCUT2D eigenvalue weighted by molar-refractivity contribution is 5.74. The molecule has 126 valence electrons. The van der Waals surface area contributed by atoms with Crippen molar-refractivity contribution in [1.82, 2.24) is 10.2 Å². The Morgan fingerprint density at radius 1 is 1.17 bits per heavy atom. The number of amides is 2. The second kappa shape index (κ2) is 7.68. The van der Waals surface area contributed by atoms with Gasteiger partial charge in [0, 0.05) is 38.4 Å². The molecule has 1 atom stereocenters. The number of ether oxygens (including phenoxy) is 1. The van der Waals surface area contributed by atoms with Crippen LogP contribution in [0.5, 0.6) is 0 Å². The molecule has 0 bridgehead atoms. The summed E-state index contributed by atoms with van der Waals surface area (Å²) in [6, 6.07) is 8.58. The number of urea groups is 1. The first kappa shape index (κ1) is 16.1. The minimum atomic E-state index is 0.000238. The van der Waals surface area contributed by atoms with E-state index in [4.69, 9.17) is 4.74 Å². The Morgan fingerprint density at radius 2 is 1.91 bits per heavy atom. The number of carbonyl (C=O) groups excluding carboxylic acids is 1. The summed E-state index contributed by atoms with van der Waals surface area (Å²) < 4.78 is 5.47. The molecule has 23 heavy (non-hydrogen) atoms. The predicted molar refractivity (Wildman–Crippen MR) is 91.7 cm³/mol. The van der Waals surface area contributed by atoms with Crippen LogP contribution >= 0.6 is 0 Å². The smallest absolute Gasteiger partial charge is 0.317 e. The molecule has 2 heterocycles. The van der Waals surface area contributed by atoms with E-state index in [0.717, 1.165) is 18.7 Å². The van der Waals surface area contributed by atoms with E-state index in [1.807, 2.05) is 11.8 Å². The van der Waals surface area contributed by atoms with Crippen LogP contribution in [0.1, 0.15) is 31.7 Å². The zero-order chi connectivity index (χ0) is 16.1. The van der Waals surface area contributed by atoms with Crippen molar-refractivity contribution >= 4 is 11.7 Å². The number of hydrogen-bond donors (Lipinski definition) is 1. The van der Waals surface area contributed by atoms with Crippen LogP contribution in [0, 0.1) is 0 Å². The summed E-state index contributed by atoms with van der Waals surface area (Å²) in [6.07, 6.45) is 4.05. The molecule has 0 aromatic heterocycles. The van der Waals surface area contributed by atoms with E-state index in [0.29, 0.717) is 26.2 Å². The predicted octanol–water partition coefficient (Wildman–Crippen LogP) is 2.61. The minimum absolute atomic E-state index is 0.000238. The molecule has 0 aliphatic carbocycles. The maximum Gasteiger partial charge on any atom is 0.317 e. The summed E-state index contributed by atoms with van der Waals surface area (Å²) in [7, 11) is 0. The molecular weight excluding hydrogens is 290 g/mol. The summed E-state index contributed by atoms with van der Waals surface area (Å²) >= 11 is 0. The van der Waals surface area contributed by atoms with Crippen LogP contribution in [-0.4, -0.2) is 49.8 Å². The van der Waals surface area contributed by atoms with E-state index in [-0.39, 0.29) is 12.1 Å². The number of benzene rings is 1. The lowest BCUT2D eigenvalue weighted by Crippen LogP contribution is -2.48. The van der Waals surface area contributed by atoms with Crippen LogP contribution < -0.4 is 10.2 Å². The van der Waals surface area contributed by atoms with Crippen molar-refractivity contribution in [2.45, 2.75) is 38.8 Å². The van der Waals surface area contributed by atoms with E-state index in [2.05, 4.69) is 34.5 Å². The van der Waals surface area contributed by atoms with Gasteiger partial charge in [0.1, 0.15) is 0 Å². The van der Waals surface area contributed by atoms with E-state index in [1.165, 1.54) is 24.9 Å². The molecular formula is C18H27N3O2. The Labute approximate surface area is 138 Å². The van der Waals surface area contributed by atoms with Crippen LogP contribution in [0.2, 0.25) is 0 Å². The number of piperidine rings is 1. The molecule has 2 saturated heterocycles. The fraction of sp³-hybridized carbons (Fsp3) is 0.611. The number of nitrogens with zero attached hydrogens (tertiary/aromatic N) is 2. The molecule has 1 aromatic rings. The normalized spacial score (nSPS) is 22.0. The molecule has 2 aliphatic heterocycles. The summed E-state index contributed by atoms with van der Waals surface area (Å²) in [5.74, 6) is 0. The van der Waals surface area contributed by atoms with Crippen LogP contribution in [0.4, 0.5) is 10.5 Å². The zero-order valence-electron chi connectivity index (χ0n) is 14.0. The largest absolute Gasteiger partial charge is 0.375 e. The highest BCUT2D eigenvalue weighted by Crippen LogP contribution is 2.20. The summed E-state index contributed by atoms with van der Waals surface area (Å²) in [4.78, 5) is 16.5. The third-order valence-electron chi connectivity index (χ3n) is 4.63. The Hall–Kier alpha value is -1.75. The second-order valence-electron chi connectivity index (χ2n) is 6.50. The van der Waals surface area contributed by atoms with E-state index in [9.17, 15) is 4.79 Å². The summed E-state index contributed by atoms with van der Waals surface area (Å²) in [6.45, 7) is 6.85. The number of hydrogen-bond acceptors (Lipinski definition) is 3. The molecule has 5 nitrogen and oxygen atoms in total. The van der Waals surface area contributed by atoms with Gasteiger partial charge in [-0.15, -0.1) is 0 Å². The highest BCUT2D eigenvalue weighted by Gasteiger charge is 2.20. The molecule has 0 saturated carbocycles. The number of morpholine rings is 1. The highest BCUT2D eigenvalue weighted by atomic mass is 16.5. The third-order valence-corrected chi connectivity index (χ3v) is 4.63. The Morgan fingerprint density at radius 3 is 2.61 bits per heavy atom. The topological polar surface area (TPSA) is 44.8 Å². The lowest BCUT2D eigenvalue weighted by atomic mass is 10.1. The molecule has 2 fully saturated rings. The van der Waals surface area contributed by atoms with Gasteiger partial charge in [0.2, 0.25) is 0 Å². The zero-order valence-corrected chi connectivity index (χ0v) is 14.0. The van der Waals surface area contributed by atoms with Gasteiger partial charge >= 0.3 is 6.03 Å². The van der Waals surface area contributed by atoms with Crippen LogP contribution in [-0.2, 0) is 11.3 Å². The lowest BCUT2D eigenvalue weighted by Gasteiger charge is -2.31. The van der Waals surface area contributed by atoms with E-state index < -0.39 is 0 Å². The summed E-state index contributed by atoms with van der Waals surface area (Å²) in [5, 5.41) is 3.01. The van der Waals surface area contributed by atoms with Crippen molar-refractivity contribution in [2.75, 3.05) is 37.7 Å². The first-order chi connectivity index (χ1) is 11.2. The second-order valence-corrected chi connectivity index (χ2v) is 6.50. The molecule has 1 aromatic carbocycles. The van der Waals surface area contributed by atoms with Gasteiger partial charge in [-0.25, -0.2) is 4.79 Å². The molecule has 3 rings (SSSR count). The van der Waals surface area contributed by atoms with Crippen molar-refractivity contribution in [3.8, 4) is 0 Å². The Bertz CT molecular complexity index is 512. The van der Waals surface area contributed by atoms with Gasteiger partial charge in [-0.05, 0) is 43.9 Å². The van der Waals surface area contributed by atoms with Gasteiger partial charge in [-0.3, -0.25) is 0 Å². The fourth-order valence-corrected chi connectivity index (χ4v) is 3.27. The van der Waals surface area contributed by atoms with Gasteiger partial charge < -0.3 is 19.9 Å². The fourth-order valence-electron chi connectivity index (χ4n) is 3.27. The van der Waals surface area contributed by atoms with Gasteiger partial charge in [-0.1, -0.05) is 12.1 Å².